The van der Waals surface area contributed by atoms with E-state index in [-0.39, 0.29) is 0 Å². The zero-order valence-corrected chi connectivity index (χ0v) is 11.8. The van der Waals surface area contributed by atoms with E-state index in [4.69, 9.17) is 9.47 Å². The summed E-state index contributed by atoms with van der Waals surface area (Å²) >= 11 is 3.53. The van der Waals surface area contributed by atoms with Crippen LogP contribution in [-0.2, 0) is 4.74 Å². The van der Waals surface area contributed by atoms with Gasteiger partial charge in [-0.2, -0.15) is 0 Å². The van der Waals surface area contributed by atoms with Crippen LogP contribution in [0.1, 0.15) is 18.0 Å². The molecule has 1 saturated heterocycles. The van der Waals surface area contributed by atoms with E-state index < -0.39 is 0 Å². The van der Waals surface area contributed by atoms with Gasteiger partial charge in [0.15, 0.2) is 0 Å². The molecule has 1 aromatic rings. The predicted molar refractivity (Wildman–Crippen MR) is 71.4 cm³/mol. The fourth-order valence-corrected chi connectivity index (χ4v) is 2.92. The number of benzene rings is 1. The van der Waals surface area contributed by atoms with Crippen molar-refractivity contribution in [1.29, 1.82) is 0 Å². The summed E-state index contributed by atoms with van der Waals surface area (Å²) < 4.78 is 11.7. The van der Waals surface area contributed by atoms with Crippen LogP contribution in [0.15, 0.2) is 22.7 Å². The third-order valence-corrected chi connectivity index (χ3v) is 3.90. The number of ether oxygens (including phenoxy) is 2. The van der Waals surface area contributed by atoms with Crippen LogP contribution in [0.25, 0.3) is 0 Å². The van der Waals surface area contributed by atoms with Crippen molar-refractivity contribution < 1.29 is 9.47 Å². The summed E-state index contributed by atoms with van der Waals surface area (Å²) in [5.74, 6) is 1.42. The fraction of sp³-hybridized carbons (Fsp3) is 0.538. The number of nitrogens with one attached hydrogen (secondary N) is 1. The second-order valence-corrected chi connectivity index (χ2v) is 5.14. The average Bonchev–Trinajstić information content (AvgIpc) is 2.84. The maximum absolute atomic E-state index is 5.46. The lowest BCUT2D eigenvalue weighted by Crippen LogP contribution is -2.25. The van der Waals surface area contributed by atoms with Crippen molar-refractivity contribution in [2.75, 3.05) is 27.4 Å². The Bertz CT molecular complexity index is 378. The summed E-state index contributed by atoms with van der Waals surface area (Å²) in [4.78, 5) is 0. The molecule has 3 nitrogen and oxygen atoms in total. The Hall–Kier alpha value is -0.580. The van der Waals surface area contributed by atoms with Crippen LogP contribution in [0, 0.1) is 5.92 Å². The van der Waals surface area contributed by atoms with Gasteiger partial charge in [0.25, 0.3) is 0 Å². The Morgan fingerprint density at radius 1 is 1.53 bits per heavy atom. The molecule has 4 heteroatoms. The normalized spacial score (nSPS) is 21.5. The van der Waals surface area contributed by atoms with E-state index >= 15 is 0 Å². The quantitative estimate of drug-likeness (QED) is 0.927. The molecule has 1 aromatic carbocycles. The minimum absolute atomic E-state index is 0.347. The van der Waals surface area contributed by atoms with Gasteiger partial charge in [0, 0.05) is 18.6 Å². The van der Waals surface area contributed by atoms with E-state index in [0.717, 1.165) is 29.9 Å². The van der Waals surface area contributed by atoms with E-state index in [1.807, 2.05) is 13.1 Å². The van der Waals surface area contributed by atoms with Crippen LogP contribution in [0.5, 0.6) is 5.75 Å². The van der Waals surface area contributed by atoms with Crippen molar-refractivity contribution in [2.24, 2.45) is 5.92 Å². The highest BCUT2D eigenvalue weighted by atomic mass is 79.9. The van der Waals surface area contributed by atoms with Crippen LogP contribution >= 0.6 is 15.9 Å². The third-order valence-electron chi connectivity index (χ3n) is 3.28. The number of halogens is 1. The number of hydrogen-bond acceptors (Lipinski definition) is 3. The Labute approximate surface area is 111 Å². The van der Waals surface area contributed by atoms with E-state index in [9.17, 15) is 0 Å². The molecule has 2 rings (SSSR count). The third kappa shape index (κ3) is 2.81. The number of hydrogen-bond donors (Lipinski definition) is 1. The monoisotopic (exact) mass is 299 g/mol. The largest absolute Gasteiger partial charge is 0.496 e. The molecule has 1 N–H and O–H groups in total. The van der Waals surface area contributed by atoms with E-state index in [1.165, 1.54) is 5.56 Å². The van der Waals surface area contributed by atoms with Gasteiger partial charge in [-0.1, -0.05) is 6.07 Å². The second-order valence-electron chi connectivity index (χ2n) is 4.28. The molecule has 2 atom stereocenters. The maximum atomic E-state index is 5.46. The van der Waals surface area contributed by atoms with Crippen LogP contribution in [0.2, 0.25) is 0 Å². The fourth-order valence-electron chi connectivity index (χ4n) is 2.37. The summed E-state index contributed by atoms with van der Waals surface area (Å²) in [5, 5.41) is 3.38. The van der Waals surface area contributed by atoms with Crippen LogP contribution < -0.4 is 10.1 Å². The molecule has 1 fully saturated rings. The Balaban J connectivity index is 2.21. The van der Waals surface area contributed by atoms with Gasteiger partial charge in [-0.05, 0) is 47.1 Å². The van der Waals surface area contributed by atoms with E-state index in [1.54, 1.807) is 7.11 Å². The van der Waals surface area contributed by atoms with Gasteiger partial charge >= 0.3 is 0 Å². The summed E-state index contributed by atoms with van der Waals surface area (Å²) in [6.07, 6.45) is 1.12. The molecule has 0 aliphatic carbocycles. The number of rotatable bonds is 4. The lowest BCUT2D eigenvalue weighted by Gasteiger charge is -2.22. The first-order valence-electron chi connectivity index (χ1n) is 5.84. The first-order valence-corrected chi connectivity index (χ1v) is 6.64. The minimum Gasteiger partial charge on any atom is -0.496 e. The average molecular weight is 300 g/mol. The lowest BCUT2D eigenvalue weighted by atomic mass is 9.92. The molecule has 0 radical (unpaired) electrons. The Kier molecular flexibility index (Phi) is 4.42. The number of methoxy groups -OCH3 is 1. The van der Waals surface area contributed by atoms with E-state index in [0.29, 0.717) is 12.0 Å². The molecular weight excluding hydrogens is 282 g/mol. The first-order chi connectivity index (χ1) is 8.26. The zero-order chi connectivity index (χ0) is 12.3. The summed E-state index contributed by atoms with van der Waals surface area (Å²) in [7, 11) is 3.68. The lowest BCUT2D eigenvalue weighted by molar-refractivity contribution is 0.178. The van der Waals surface area contributed by atoms with Crippen molar-refractivity contribution in [2.45, 2.75) is 12.5 Å². The molecule has 1 aliphatic heterocycles. The molecule has 94 valence electrons. The highest BCUT2D eigenvalue weighted by Gasteiger charge is 2.26. The topological polar surface area (TPSA) is 30.5 Å². The molecular formula is C13H18BrNO2. The molecule has 0 spiro atoms. The molecule has 0 aromatic heterocycles. The second kappa shape index (κ2) is 5.85. The van der Waals surface area contributed by atoms with Gasteiger partial charge in [0.1, 0.15) is 5.75 Å². The van der Waals surface area contributed by atoms with Crippen molar-refractivity contribution in [1.82, 2.24) is 5.32 Å². The summed E-state index contributed by atoms with van der Waals surface area (Å²) in [6.45, 7) is 1.72. The molecule has 17 heavy (non-hydrogen) atoms. The Morgan fingerprint density at radius 3 is 2.88 bits per heavy atom. The smallest absolute Gasteiger partial charge is 0.133 e. The predicted octanol–water partition coefficient (Wildman–Crippen LogP) is 2.75. The van der Waals surface area contributed by atoms with Gasteiger partial charge in [-0.3, -0.25) is 0 Å². The van der Waals surface area contributed by atoms with Gasteiger partial charge in [-0.15, -0.1) is 0 Å². The highest BCUT2D eigenvalue weighted by Crippen LogP contribution is 2.33. The van der Waals surface area contributed by atoms with Gasteiger partial charge in [-0.25, -0.2) is 0 Å². The van der Waals surface area contributed by atoms with Crippen molar-refractivity contribution in [3.8, 4) is 5.75 Å². The molecule has 1 heterocycles. The molecule has 1 aliphatic rings. The zero-order valence-electron chi connectivity index (χ0n) is 10.2. The van der Waals surface area contributed by atoms with E-state index in [2.05, 4.69) is 33.4 Å². The van der Waals surface area contributed by atoms with Crippen LogP contribution in [-0.4, -0.2) is 27.4 Å². The van der Waals surface area contributed by atoms with Crippen LogP contribution in [0.4, 0.5) is 0 Å². The maximum Gasteiger partial charge on any atom is 0.133 e. The molecule has 0 amide bonds. The Morgan fingerprint density at radius 2 is 2.35 bits per heavy atom. The summed E-state index contributed by atoms with van der Waals surface area (Å²) in [6, 6.07) is 6.58. The first kappa shape index (κ1) is 12.9. The molecule has 2 unspecified atom stereocenters. The summed E-state index contributed by atoms with van der Waals surface area (Å²) in [5.41, 5.74) is 1.27. The molecule has 0 bridgehead atoms. The highest BCUT2D eigenvalue weighted by molar-refractivity contribution is 9.10. The van der Waals surface area contributed by atoms with Crippen LogP contribution in [0.3, 0.4) is 0 Å². The standard InChI is InChI=1S/C13H18BrNO2/c1-15-13(10-5-6-17-8-10)9-3-4-12(16-2)11(14)7-9/h3-4,7,10,13,15H,5-6,8H2,1-2H3. The van der Waals surface area contributed by atoms with Crippen molar-refractivity contribution >= 4 is 15.9 Å². The van der Waals surface area contributed by atoms with Gasteiger partial charge in [0.2, 0.25) is 0 Å². The van der Waals surface area contributed by atoms with Crippen molar-refractivity contribution in [3.05, 3.63) is 28.2 Å². The molecule has 0 saturated carbocycles. The van der Waals surface area contributed by atoms with Crippen molar-refractivity contribution in [3.63, 3.8) is 0 Å². The van der Waals surface area contributed by atoms with Gasteiger partial charge < -0.3 is 14.8 Å². The minimum atomic E-state index is 0.347. The van der Waals surface area contributed by atoms with Gasteiger partial charge in [0.05, 0.1) is 18.2 Å². The SMILES string of the molecule is CNC(c1ccc(OC)c(Br)c1)C1CCOC1.